The van der Waals surface area contributed by atoms with E-state index >= 15 is 0 Å². The number of benzene rings is 2. The second-order valence-electron chi connectivity index (χ2n) is 5.72. The maximum Gasteiger partial charge on any atom is 0.267 e. The first kappa shape index (κ1) is 17.2. The van der Waals surface area contributed by atoms with Crippen LogP contribution < -0.4 is 13.8 Å². The number of fused-ring (bicyclic) bond motifs is 1. The lowest BCUT2D eigenvalue weighted by Crippen LogP contribution is -2.25. The molecule has 0 amide bonds. The first-order valence-corrected chi connectivity index (χ1v) is 9.38. The summed E-state index contributed by atoms with van der Waals surface area (Å²) in [5.74, 6) is 0.0976. The predicted molar refractivity (Wildman–Crippen MR) is 94.9 cm³/mol. The third kappa shape index (κ3) is 3.17. The number of nitrogens with zero attached hydrogens (tertiary/aromatic N) is 3. The highest BCUT2D eigenvalue weighted by Gasteiger charge is 2.36. The first-order valence-electron chi connectivity index (χ1n) is 7.94. The lowest BCUT2D eigenvalue weighted by Gasteiger charge is -2.16. The topological polar surface area (TPSA) is 81.6 Å². The van der Waals surface area contributed by atoms with Crippen molar-refractivity contribution in [1.82, 2.24) is 9.97 Å². The van der Waals surface area contributed by atoms with E-state index in [1.807, 2.05) is 0 Å². The van der Waals surface area contributed by atoms with Gasteiger partial charge in [-0.05, 0) is 35.9 Å². The molecule has 0 bridgehead atoms. The summed E-state index contributed by atoms with van der Waals surface area (Å²) in [6, 6.07) is 13.5. The van der Waals surface area contributed by atoms with Crippen molar-refractivity contribution in [2.45, 2.75) is 11.4 Å². The van der Waals surface area contributed by atoms with Gasteiger partial charge in [0.15, 0.2) is 0 Å². The molecule has 0 atom stereocenters. The van der Waals surface area contributed by atoms with Crippen LogP contribution in [-0.2, 0) is 16.6 Å². The molecule has 0 unspecified atom stereocenters. The van der Waals surface area contributed by atoms with Crippen LogP contribution in [0.3, 0.4) is 0 Å². The van der Waals surface area contributed by atoms with Crippen molar-refractivity contribution in [2.24, 2.45) is 0 Å². The number of sulfonamides is 1. The number of anilines is 1. The molecule has 27 heavy (non-hydrogen) atoms. The highest BCUT2D eigenvalue weighted by molar-refractivity contribution is 7.93. The summed E-state index contributed by atoms with van der Waals surface area (Å²) in [5, 5.41) is 0. The molecular formula is C18H14FN3O4S. The van der Waals surface area contributed by atoms with Crippen LogP contribution in [0.2, 0.25) is 0 Å². The van der Waals surface area contributed by atoms with Crippen LogP contribution in [0.1, 0.15) is 5.56 Å². The third-order valence-corrected chi connectivity index (χ3v) is 5.82. The van der Waals surface area contributed by atoms with Gasteiger partial charge in [-0.25, -0.2) is 17.1 Å². The van der Waals surface area contributed by atoms with Crippen LogP contribution in [0.25, 0.3) is 0 Å². The molecule has 2 heterocycles. The summed E-state index contributed by atoms with van der Waals surface area (Å²) in [6.45, 7) is 0.113. The van der Waals surface area contributed by atoms with Crippen molar-refractivity contribution >= 4 is 16.0 Å². The molecule has 0 saturated heterocycles. The van der Waals surface area contributed by atoms with Crippen LogP contribution in [0.15, 0.2) is 59.5 Å². The van der Waals surface area contributed by atoms with Crippen LogP contribution in [0.5, 0.6) is 17.5 Å². The lowest BCUT2D eigenvalue weighted by molar-refractivity contribution is 0.388. The average Bonchev–Trinajstić information content (AvgIpc) is 2.94. The smallest absolute Gasteiger partial charge is 0.267 e. The maximum absolute atomic E-state index is 13.1. The number of hydrogen-bond donors (Lipinski definition) is 0. The fourth-order valence-electron chi connectivity index (χ4n) is 2.71. The van der Waals surface area contributed by atoms with Crippen LogP contribution in [0.4, 0.5) is 10.3 Å². The van der Waals surface area contributed by atoms with E-state index in [2.05, 4.69) is 9.97 Å². The second-order valence-corrected chi connectivity index (χ2v) is 7.55. The van der Waals surface area contributed by atoms with Gasteiger partial charge in [-0.1, -0.05) is 18.2 Å². The summed E-state index contributed by atoms with van der Waals surface area (Å²) in [6.07, 6.45) is 0. The number of hydrogen-bond acceptors (Lipinski definition) is 6. The zero-order valence-corrected chi connectivity index (χ0v) is 15.0. The van der Waals surface area contributed by atoms with Crippen molar-refractivity contribution in [2.75, 3.05) is 11.4 Å². The van der Waals surface area contributed by atoms with Crippen LogP contribution >= 0.6 is 0 Å². The number of rotatable bonds is 4. The summed E-state index contributed by atoms with van der Waals surface area (Å²) in [5.41, 5.74) is 0.657. The monoisotopic (exact) mass is 387 g/mol. The van der Waals surface area contributed by atoms with Crippen LogP contribution in [-0.4, -0.2) is 25.5 Å². The summed E-state index contributed by atoms with van der Waals surface area (Å²) in [7, 11) is -2.37. The number of ether oxygens (including phenoxy) is 2. The van der Waals surface area contributed by atoms with E-state index in [4.69, 9.17) is 9.47 Å². The highest BCUT2D eigenvalue weighted by atomic mass is 32.2. The van der Waals surface area contributed by atoms with Gasteiger partial charge in [0.25, 0.3) is 10.0 Å². The van der Waals surface area contributed by atoms with E-state index in [1.54, 1.807) is 24.3 Å². The summed E-state index contributed by atoms with van der Waals surface area (Å²) < 4.78 is 50.5. The summed E-state index contributed by atoms with van der Waals surface area (Å²) in [4.78, 5) is 8.56. The normalized spacial score (nSPS) is 14.7. The third-order valence-electron chi connectivity index (χ3n) is 3.99. The van der Waals surface area contributed by atoms with Crippen molar-refractivity contribution < 1.29 is 22.3 Å². The van der Waals surface area contributed by atoms with E-state index in [1.165, 1.54) is 37.4 Å². The minimum absolute atomic E-state index is 0.0670. The standard InChI is InChI=1S/C18H14FN3O4S/c1-25-16-10-17(26-14-8-6-13(19)7-9-14)21-18(20-16)22-11-12-4-2-3-5-15(12)27(22,23)24/h2-10H,11H2,1H3. The fourth-order valence-corrected chi connectivity index (χ4v) is 4.26. The van der Waals surface area contributed by atoms with E-state index in [9.17, 15) is 12.8 Å². The van der Waals surface area contributed by atoms with E-state index < -0.39 is 15.8 Å². The zero-order valence-electron chi connectivity index (χ0n) is 14.2. The van der Waals surface area contributed by atoms with Gasteiger partial charge in [-0.2, -0.15) is 9.97 Å². The maximum atomic E-state index is 13.1. The Morgan fingerprint density at radius 1 is 1.04 bits per heavy atom. The Morgan fingerprint density at radius 3 is 2.44 bits per heavy atom. The average molecular weight is 387 g/mol. The van der Waals surface area contributed by atoms with Crippen molar-refractivity contribution in [3.8, 4) is 17.5 Å². The van der Waals surface area contributed by atoms with Crippen molar-refractivity contribution in [1.29, 1.82) is 0 Å². The van der Waals surface area contributed by atoms with Crippen LogP contribution in [0, 0.1) is 5.82 Å². The Kier molecular flexibility index (Phi) is 4.15. The fraction of sp³-hybridized carbons (Fsp3) is 0.111. The molecule has 1 aromatic heterocycles. The molecule has 0 aliphatic carbocycles. The molecule has 0 fully saturated rings. The van der Waals surface area contributed by atoms with Gasteiger partial charge in [0.2, 0.25) is 17.7 Å². The van der Waals surface area contributed by atoms with Gasteiger partial charge in [-0.3, -0.25) is 0 Å². The van der Waals surface area contributed by atoms with Gasteiger partial charge in [0, 0.05) is 0 Å². The Bertz CT molecular complexity index is 1100. The molecule has 7 nitrogen and oxygen atoms in total. The second kappa shape index (κ2) is 6.51. The molecule has 1 aliphatic heterocycles. The van der Waals surface area contributed by atoms with Gasteiger partial charge >= 0.3 is 0 Å². The molecule has 0 radical (unpaired) electrons. The van der Waals surface area contributed by atoms with E-state index in [0.717, 1.165) is 4.31 Å². The minimum Gasteiger partial charge on any atom is -0.481 e. The molecule has 0 spiro atoms. The van der Waals surface area contributed by atoms with Crippen molar-refractivity contribution in [3.05, 3.63) is 66.0 Å². The molecule has 138 valence electrons. The molecule has 1 aliphatic rings. The Balaban J connectivity index is 1.72. The molecule has 0 N–H and O–H groups in total. The zero-order chi connectivity index (χ0) is 19.0. The van der Waals surface area contributed by atoms with E-state index in [-0.39, 0.29) is 29.1 Å². The predicted octanol–water partition coefficient (Wildman–Crippen LogP) is 3.13. The largest absolute Gasteiger partial charge is 0.481 e. The Morgan fingerprint density at radius 2 is 1.74 bits per heavy atom. The molecule has 9 heteroatoms. The Labute approximate surface area is 155 Å². The highest BCUT2D eigenvalue weighted by Crippen LogP contribution is 2.34. The van der Waals surface area contributed by atoms with Gasteiger partial charge in [0.1, 0.15) is 11.6 Å². The minimum atomic E-state index is -3.77. The number of aromatic nitrogens is 2. The Hall–Kier alpha value is -3.20. The summed E-state index contributed by atoms with van der Waals surface area (Å²) >= 11 is 0. The quantitative estimate of drug-likeness (QED) is 0.684. The molecule has 2 aromatic carbocycles. The lowest BCUT2D eigenvalue weighted by atomic mass is 10.2. The van der Waals surface area contributed by atoms with Gasteiger partial charge in [-0.15, -0.1) is 0 Å². The number of halogens is 1. The molecule has 0 saturated carbocycles. The van der Waals surface area contributed by atoms with Gasteiger partial charge < -0.3 is 9.47 Å². The van der Waals surface area contributed by atoms with E-state index in [0.29, 0.717) is 11.3 Å². The first-order chi connectivity index (χ1) is 13.0. The number of methoxy groups -OCH3 is 1. The van der Waals surface area contributed by atoms with Crippen molar-refractivity contribution in [3.63, 3.8) is 0 Å². The molecule has 4 rings (SSSR count). The molecule has 3 aromatic rings. The van der Waals surface area contributed by atoms with Gasteiger partial charge in [0.05, 0.1) is 24.6 Å². The molecular weight excluding hydrogens is 373 g/mol. The SMILES string of the molecule is COc1cc(Oc2ccc(F)cc2)nc(N2Cc3ccccc3S2(=O)=O)n1.